The first-order valence-electron chi connectivity index (χ1n) is 10.3. The van der Waals surface area contributed by atoms with Gasteiger partial charge in [-0.25, -0.2) is 13.4 Å². The van der Waals surface area contributed by atoms with Gasteiger partial charge >= 0.3 is 0 Å². The molecule has 2 aliphatic rings. The highest BCUT2D eigenvalue weighted by atomic mass is 35.5. The van der Waals surface area contributed by atoms with Crippen LogP contribution in [0.4, 0.5) is 17.5 Å². The number of thiophene rings is 1. The number of rotatable bonds is 4. The number of halogens is 1. The standard InChI is InChI=1S/C21H23ClN6O2S2/c1-27-8-10-28(11-9-27)20-16-4-2-13-12-14(3-5-15(13)19(16)24-21(23)25-20)26-32(29,30)18-7-6-17(22)31-18/h3,5-7,12,26H,2,4,8-11H2,1H3,(H2,23,24,25). The molecule has 0 atom stereocenters. The fourth-order valence-corrected chi connectivity index (χ4v) is 6.76. The fourth-order valence-electron chi connectivity index (χ4n) is 4.22. The van der Waals surface area contributed by atoms with Gasteiger partial charge in [-0.3, -0.25) is 4.72 Å². The van der Waals surface area contributed by atoms with Crippen molar-refractivity contribution in [3.63, 3.8) is 0 Å². The second kappa shape index (κ2) is 8.18. The quantitative estimate of drug-likeness (QED) is 0.579. The number of hydrogen-bond acceptors (Lipinski definition) is 8. The minimum absolute atomic E-state index is 0.183. The number of anilines is 3. The minimum Gasteiger partial charge on any atom is -0.368 e. The first-order valence-corrected chi connectivity index (χ1v) is 13.0. The van der Waals surface area contributed by atoms with Crippen LogP contribution in [0.3, 0.4) is 0 Å². The van der Waals surface area contributed by atoms with Crippen LogP contribution in [-0.4, -0.2) is 56.5 Å². The summed E-state index contributed by atoms with van der Waals surface area (Å²) in [4.78, 5) is 13.7. The summed E-state index contributed by atoms with van der Waals surface area (Å²) < 4.78 is 28.6. The van der Waals surface area contributed by atoms with Gasteiger partial charge in [0.15, 0.2) is 0 Å². The molecule has 0 bridgehead atoms. The third-order valence-electron chi connectivity index (χ3n) is 5.88. The van der Waals surface area contributed by atoms with Crippen LogP contribution in [-0.2, 0) is 22.9 Å². The lowest BCUT2D eigenvalue weighted by atomic mass is 9.88. The Bertz CT molecular complexity index is 1290. The molecule has 3 heterocycles. The van der Waals surface area contributed by atoms with E-state index in [1.165, 1.54) is 6.07 Å². The molecule has 1 aromatic carbocycles. The predicted molar refractivity (Wildman–Crippen MR) is 129 cm³/mol. The van der Waals surface area contributed by atoms with Gasteiger partial charge in [-0.1, -0.05) is 17.7 Å². The van der Waals surface area contributed by atoms with Crippen LogP contribution in [0.5, 0.6) is 0 Å². The van der Waals surface area contributed by atoms with Crippen molar-refractivity contribution in [3.8, 4) is 11.3 Å². The Balaban J connectivity index is 1.47. The summed E-state index contributed by atoms with van der Waals surface area (Å²) in [5.74, 6) is 1.18. The predicted octanol–water partition coefficient (Wildman–Crippen LogP) is 3.09. The molecular weight excluding hydrogens is 468 g/mol. The van der Waals surface area contributed by atoms with E-state index >= 15 is 0 Å². The van der Waals surface area contributed by atoms with Gasteiger partial charge in [0.25, 0.3) is 10.0 Å². The molecule has 0 saturated carbocycles. The SMILES string of the molecule is CN1CCN(c2nc(N)nc3c2CCc2cc(NS(=O)(=O)c4ccc(Cl)s4)ccc2-3)CC1. The molecule has 11 heteroatoms. The topological polar surface area (TPSA) is 104 Å². The monoisotopic (exact) mass is 490 g/mol. The smallest absolute Gasteiger partial charge is 0.271 e. The van der Waals surface area contributed by atoms with E-state index in [9.17, 15) is 8.42 Å². The Kier molecular flexibility index (Phi) is 5.48. The van der Waals surface area contributed by atoms with Crippen molar-refractivity contribution >= 4 is 50.4 Å². The van der Waals surface area contributed by atoms with Crippen LogP contribution in [0.25, 0.3) is 11.3 Å². The lowest BCUT2D eigenvalue weighted by Crippen LogP contribution is -2.45. The molecule has 0 radical (unpaired) electrons. The highest BCUT2D eigenvalue weighted by Gasteiger charge is 2.27. The largest absolute Gasteiger partial charge is 0.368 e. The zero-order valence-corrected chi connectivity index (χ0v) is 19.9. The van der Waals surface area contributed by atoms with Crippen molar-refractivity contribution in [3.05, 3.63) is 45.8 Å². The summed E-state index contributed by atoms with van der Waals surface area (Å²) in [5.41, 5.74) is 10.6. The summed E-state index contributed by atoms with van der Waals surface area (Å²) in [6.07, 6.45) is 1.55. The Hall–Kier alpha value is -2.40. The van der Waals surface area contributed by atoms with Crippen molar-refractivity contribution in [2.75, 3.05) is 48.6 Å². The normalized spacial score (nSPS) is 16.5. The molecule has 0 spiro atoms. The maximum Gasteiger partial charge on any atom is 0.271 e. The highest BCUT2D eigenvalue weighted by molar-refractivity contribution is 7.94. The van der Waals surface area contributed by atoms with Gasteiger partial charge < -0.3 is 15.5 Å². The molecule has 5 rings (SSSR count). The first kappa shape index (κ1) is 21.4. The molecule has 1 saturated heterocycles. The van der Waals surface area contributed by atoms with Crippen LogP contribution < -0.4 is 15.4 Å². The number of nitrogen functional groups attached to an aromatic ring is 1. The van der Waals surface area contributed by atoms with Crippen LogP contribution in [0.1, 0.15) is 11.1 Å². The van der Waals surface area contributed by atoms with Gasteiger partial charge in [0.05, 0.1) is 10.0 Å². The number of likely N-dealkylation sites (N-methyl/N-ethyl adjacent to an activating group) is 1. The Labute approximate surface area is 196 Å². The maximum absolute atomic E-state index is 12.7. The van der Waals surface area contributed by atoms with E-state index in [1.807, 2.05) is 12.1 Å². The van der Waals surface area contributed by atoms with E-state index < -0.39 is 10.0 Å². The summed E-state index contributed by atoms with van der Waals surface area (Å²) in [7, 11) is -1.56. The van der Waals surface area contributed by atoms with Crippen LogP contribution >= 0.6 is 22.9 Å². The van der Waals surface area contributed by atoms with E-state index in [0.29, 0.717) is 10.0 Å². The molecule has 0 unspecified atom stereocenters. The molecule has 8 nitrogen and oxygen atoms in total. The average Bonchev–Trinajstić information content (AvgIpc) is 3.20. The number of nitrogens with two attached hydrogens (primary N) is 1. The van der Waals surface area contributed by atoms with Gasteiger partial charge in [0.2, 0.25) is 5.95 Å². The Morgan fingerprint density at radius 1 is 1.09 bits per heavy atom. The van der Waals surface area contributed by atoms with Gasteiger partial charge in [-0.05, 0) is 49.7 Å². The second-order valence-corrected chi connectivity index (χ2v) is 11.7. The number of aromatic nitrogens is 2. The van der Waals surface area contributed by atoms with Crippen LogP contribution in [0.2, 0.25) is 4.34 Å². The van der Waals surface area contributed by atoms with Crippen LogP contribution in [0, 0.1) is 0 Å². The van der Waals surface area contributed by atoms with Crippen molar-refractivity contribution in [2.45, 2.75) is 17.1 Å². The van der Waals surface area contributed by atoms with Crippen molar-refractivity contribution in [2.24, 2.45) is 0 Å². The van der Waals surface area contributed by atoms with Gasteiger partial charge in [0, 0.05) is 43.0 Å². The number of nitrogens with zero attached hydrogens (tertiary/aromatic N) is 4. The average molecular weight is 491 g/mol. The number of piperazine rings is 1. The summed E-state index contributed by atoms with van der Waals surface area (Å²) in [6.45, 7) is 3.77. The van der Waals surface area contributed by atoms with E-state index in [1.54, 1.807) is 12.1 Å². The summed E-state index contributed by atoms with van der Waals surface area (Å²) in [5, 5.41) is 0. The molecule has 32 heavy (non-hydrogen) atoms. The summed E-state index contributed by atoms with van der Waals surface area (Å²) >= 11 is 6.93. The number of benzene rings is 1. The Morgan fingerprint density at radius 2 is 1.88 bits per heavy atom. The van der Waals surface area contributed by atoms with E-state index in [-0.39, 0.29) is 10.2 Å². The fraction of sp³-hybridized carbons (Fsp3) is 0.333. The highest BCUT2D eigenvalue weighted by Crippen LogP contribution is 2.38. The molecular formula is C21H23ClN6O2S2. The van der Waals surface area contributed by atoms with Gasteiger partial charge in [-0.15, -0.1) is 11.3 Å². The van der Waals surface area contributed by atoms with E-state index in [2.05, 4.69) is 31.5 Å². The van der Waals surface area contributed by atoms with Crippen molar-refractivity contribution in [1.29, 1.82) is 0 Å². The molecule has 2 aromatic heterocycles. The second-order valence-electron chi connectivity index (χ2n) is 8.06. The molecule has 3 aromatic rings. The molecule has 1 aliphatic heterocycles. The molecule has 1 aliphatic carbocycles. The number of sulfonamides is 1. The lowest BCUT2D eigenvalue weighted by molar-refractivity contribution is 0.312. The molecule has 0 amide bonds. The number of fused-ring (bicyclic) bond motifs is 3. The zero-order chi connectivity index (χ0) is 22.5. The van der Waals surface area contributed by atoms with Crippen LogP contribution in [0.15, 0.2) is 34.5 Å². The lowest BCUT2D eigenvalue weighted by Gasteiger charge is -2.35. The Morgan fingerprint density at radius 3 is 2.59 bits per heavy atom. The third kappa shape index (κ3) is 4.03. The van der Waals surface area contributed by atoms with Gasteiger partial charge in [-0.2, -0.15) is 4.98 Å². The number of aryl methyl sites for hydroxylation is 1. The van der Waals surface area contributed by atoms with E-state index in [0.717, 1.165) is 78.6 Å². The minimum atomic E-state index is -3.68. The number of nitrogens with one attached hydrogen (secondary N) is 1. The number of hydrogen-bond donors (Lipinski definition) is 2. The van der Waals surface area contributed by atoms with Crippen molar-refractivity contribution < 1.29 is 8.42 Å². The molecule has 3 N–H and O–H groups in total. The molecule has 1 fully saturated rings. The third-order valence-corrected chi connectivity index (χ3v) is 8.98. The first-order chi connectivity index (χ1) is 15.3. The maximum atomic E-state index is 12.7. The van der Waals surface area contributed by atoms with Gasteiger partial charge in [0.1, 0.15) is 10.0 Å². The summed E-state index contributed by atoms with van der Waals surface area (Å²) in [6, 6.07) is 8.62. The van der Waals surface area contributed by atoms with E-state index in [4.69, 9.17) is 17.3 Å². The van der Waals surface area contributed by atoms with Crippen molar-refractivity contribution in [1.82, 2.24) is 14.9 Å². The zero-order valence-electron chi connectivity index (χ0n) is 17.5. The molecule has 168 valence electrons.